The maximum Gasteiger partial charge on any atom is 0.246 e. The van der Waals surface area contributed by atoms with Crippen LogP contribution in [0.5, 0.6) is 5.75 Å². The molecule has 1 atom stereocenters. The zero-order valence-electron chi connectivity index (χ0n) is 12.5. The Labute approximate surface area is 134 Å². The van der Waals surface area contributed by atoms with Crippen molar-refractivity contribution in [1.29, 1.82) is 0 Å². The third-order valence-corrected chi connectivity index (χ3v) is 4.66. The van der Waals surface area contributed by atoms with E-state index in [9.17, 15) is 17.2 Å². The van der Waals surface area contributed by atoms with Gasteiger partial charge < -0.3 is 4.74 Å². The largest absolute Gasteiger partial charge is 0.489 e. The van der Waals surface area contributed by atoms with Crippen molar-refractivity contribution in [2.75, 3.05) is 6.54 Å². The molecule has 0 aliphatic carbocycles. The molecule has 0 heterocycles. The highest BCUT2D eigenvalue weighted by Crippen LogP contribution is 2.18. The van der Waals surface area contributed by atoms with Crippen LogP contribution in [0.4, 0.5) is 8.78 Å². The van der Waals surface area contributed by atoms with Gasteiger partial charge >= 0.3 is 0 Å². The summed E-state index contributed by atoms with van der Waals surface area (Å²) in [4.78, 5) is -0.977. The van der Waals surface area contributed by atoms with Gasteiger partial charge in [-0.05, 0) is 30.7 Å². The van der Waals surface area contributed by atoms with Crippen LogP contribution in [0.1, 0.15) is 13.3 Å². The molecule has 0 saturated carbocycles. The lowest BCUT2D eigenvalue weighted by Crippen LogP contribution is -2.35. The van der Waals surface area contributed by atoms with E-state index in [0.29, 0.717) is 12.2 Å². The molecule has 23 heavy (non-hydrogen) atoms. The first-order valence-corrected chi connectivity index (χ1v) is 8.57. The standard InChI is InChI=1S/C16H17F2NO3S/c1-2-12(22-13-7-4-3-5-8-13)11-19-23(20,21)16-14(17)9-6-10-15(16)18/h3-10,12,19H,2,11H2,1H3. The fourth-order valence-corrected chi connectivity index (χ4v) is 3.17. The Morgan fingerprint density at radius 3 is 2.22 bits per heavy atom. The number of benzene rings is 2. The third-order valence-electron chi connectivity index (χ3n) is 3.19. The van der Waals surface area contributed by atoms with E-state index in [2.05, 4.69) is 4.72 Å². The van der Waals surface area contributed by atoms with Gasteiger partial charge in [0.05, 0.1) is 0 Å². The second kappa shape index (κ2) is 7.52. The van der Waals surface area contributed by atoms with Gasteiger partial charge in [0, 0.05) is 6.54 Å². The van der Waals surface area contributed by atoms with Crippen molar-refractivity contribution >= 4 is 10.0 Å². The van der Waals surface area contributed by atoms with Crippen LogP contribution in [0.2, 0.25) is 0 Å². The fraction of sp³-hybridized carbons (Fsp3) is 0.250. The van der Waals surface area contributed by atoms with Crippen molar-refractivity contribution in [2.45, 2.75) is 24.3 Å². The first-order chi connectivity index (χ1) is 10.9. The van der Waals surface area contributed by atoms with E-state index in [1.54, 1.807) is 24.3 Å². The maximum absolute atomic E-state index is 13.6. The molecule has 0 amide bonds. The lowest BCUT2D eigenvalue weighted by molar-refractivity contribution is 0.200. The Hall–Kier alpha value is -1.99. The van der Waals surface area contributed by atoms with Crippen LogP contribution in [0.25, 0.3) is 0 Å². The predicted molar refractivity (Wildman–Crippen MR) is 82.7 cm³/mol. The third kappa shape index (κ3) is 4.49. The van der Waals surface area contributed by atoms with Crippen LogP contribution in [-0.4, -0.2) is 21.1 Å². The average Bonchev–Trinajstić information content (AvgIpc) is 2.52. The molecule has 2 rings (SSSR count). The van der Waals surface area contributed by atoms with Crippen LogP contribution >= 0.6 is 0 Å². The number of sulfonamides is 1. The summed E-state index contributed by atoms with van der Waals surface area (Å²) in [6.45, 7) is 1.73. The molecule has 7 heteroatoms. The van der Waals surface area contributed by atoms with Crippen molar-refractivity contribution in [3.63, 3.8) is 0 Å². The molecular formula is C16H17F2NO3S. The number of hydrogen-bond acceptors (Lipinski definition) is 3. The molecule has 124 valence electrons. The van der Waals surface area contributed by atoms with Gasteiger partial charge in [-0.25, -0.2) is 21.9 Å². The molecule has 0 spiro atoms. The Balaban J connectivity index is 2.08. The van der Waals surface area contributed by atoms with Crippen molar-refractivity contribution < 1.29 is 21.9 Å². The van der Waals surface area contributed by atoms with Crippen LogP contribution in [-0.2, 0) is 10.0 Å². The molecule has 0 aliphatic rings. The van der Waals surface area contributed by atoms with E-state index in [-0.39, 0.29) is 6.54 Å². The lowest BCUT2D eigenvalue weighted by atomic mass is 10.2. The molecule has 2 aromatic carbocycles. The normalized spacial score (nSPS) is 12.8. The summed E-state index contributed by atoms with van der Waals surface area (Å²) in [7, 11) is -4.30. The lowest BCUT2D eigenvalue weighted by Gasteiger charge is -2.18. The molecule has 0 aromatic heterocycles. The van der Waals surface area contributed by atoms with E-state index in [1.807, 2.05) is 13.0 Å². The molecule has 0 radical (unpaired) electrons. The number of hydrogen-bond donors (Lipinski definition) is 1. The molecule has 2 aromatic rings. The SMILES string of the molecule is CCC(CNS(=O)(=O)c1c(F)cccc1F)Oc1ccccc1. The number of rotatable bonds is 7. The van der Waals surface area contributed by atoms with Gasteiger partial charge in [0.1, 0.15) is 23.5 Å². The zero-order chi connectivity index (χ0) is 16.9. The number of halogens is 2. The zero-order valence-corrected chi connectivity index (χ0v) is 13.3. The van der Waals surface area contributed by atoms with Gasteiger partial charge in [-0.3, -0.25) is 0 Å². The van der Waals surface area contributed by atoms with Crippen molar-refractivity contribution in [3.05, 3.63) is 60.2 Å². The minimum absolute atomic E-state index is 0.0957. The minimum atomic E-state index is -4.30. The Kier molecular flexibility index (Phi) is 5.68. The fourth-order valence-electron chi connectivity index (χ4n) is 1.97. The molecule has 1 N–H and O–H groups in total. The van der Waals surface area contributed by atoms with Gasteiger partial charge in [0.25, 0.3) is 0 Å². The van der Waals surface area contributed by atoms with Crippen LogP contribution in [0, 0.1) is 11.6 Å². The Bertz CT molecular complexity index is 731. The van der Waals surface area contributed by atoms with Gasteiger partial charge in [0.15, 0.2) is 4.90 Å². The highest BCUT2D eigenvalue weighted by Gasteiger charge is 2.24. The van der Waals surface area contributed by atoms with Crippen molar-refractivity contribution in [3.8, 4) is 5.75 Å². The summed E-state index contributed by atoms with van der Waals surface area (Å²) in [6.07, 6.45) is 0.0685. The first-order valence-electron chi connectivity index (χ1n) is 7.09. The summed E-state index contributed by atoms with van der Waals surface area (Å²) in [5.74, 6) is -1.67. The van der Waals surface area contributed by atoms with E-state index >= 15 is 0 Å². The van der Waals surface area contributed by atoms with Gasteiger partial charge in [-0.15, -0.1) is 0 Å². The number of para-hydroxylation sites is 1. The predicted octanol–water partition coefficient (Wildman–Crippen LogP) is 3.10. The van der Waals surface area contributed by atoms with Crippen LogP contribution in [0.3, 0.4) is 0 Å². The Morgan fingerprint density at radius 1 is 1.04 bits per heavy atom. The first kappa shape index (κ1) is 17.4. The van der Waals surface area contributed by atoms with E-state index in [0.717, 1.165) is 18.2 Å². The summed E-state index contributed by atoms with van der Waals surface area (Å²) >= 11 is 0. The maximum atomic E-state index is 13.6. The molecule has 0 fully saturated rings. The van der Waals surface area contributed by atoms with Crippen LogP contribution < -0.4 is 9.46 Å². The second-order valence-corrected chi connectivity index (χ2v) is 6.57. The summed E-state index contributed by atoms with van der Waals surface area (Å²) in [5, 5.41) is 0. The van der Waals surface area contributed by atoms with Gasteiger partial charge in [-0.2, -0.15) is 0 Å². The minimum Gasteiger partial charge on any atom is -0.489 e. The van der Waals surface area contributed by atoms with Gasteiger partial charge in [0.2, 0.25) is 10.0 Å². The molecule has 1 unspecified atom stereocenters. The number of ether oxygens (including phenoxy) is 1. The van der Waals surface area contributed by atoms with Gasteiger partial charge in [-0.1, -0.05) is 31.2 Å². The molecule has 4 nitrogen and oxygen atoms in total. The topological polar surface area (TPSA) is 55.4 Å². The molecule has 0 saturated heterocycles. The summed E-state index contributed by atoms with van der Waals surface area (Å²) in [6, 6.07) is 11.8. The van der Waals surface area contributed by atoms with Crippen molar-refractivity contribution in [1.82, 2.24) is 4.72 Å². The second-order valence-electron chi connectivity index (χ2n) is 4.86. The summed E-state index contributed by atoms with van der Waals surface area (Å²) < 4.78 is 59.3. The quantitative estimate of drug-likeness (QED) is 0.842. The van der Waals surface area contributed by atoms with E-state index < -0.39 is 32.7 Å². The smallest absolute Gasteiger partial charge is 0.246 e. The Morgan fingerprint density at radius 2 is 1.65 bits per heavy atom. The monoisotopic (exact) mass is 341 g/mol. The highest BCUT2D eigenvalue weighted by molar-refractivity contribution is 7.89. The number of nitrogens with one attached hydrogen (secondary N) is 1. The van der Waals surface area contributed by atoms with Crippen molar-refractivity contribution in [2.24, 2.45) is 0 Å². The molecular weight excluding hydrogens is 324 g/mol. The average molecular weight is 341 g/mol. The van der Waals surface area contributed by atoms with Crippen LogP contribution in [0.15, 0.2) is 53.4 Å². The molecule has 0 bridgehead atoms. The highest BCUT2D eigenvalue weighted by atomic mass is 32.2. The molecule has 0 aliphatic heterocycles. The summed E-state index contributed by atoms with van der Waals surface area (Å²) in [5.41, 5.74) is 0. The van der Waals surface area contributed by atoms with E-state index in [1.165, 1.54) is 0 Å². The van der Waals surface area contributed by atoms with E-state index in [4.69, 9.17) is 4.74 Å².